The molecule has 0 rings (SSSR count). The maximum absolute atomic E-state index is 12.0. The summed E-state index contributed by atoms with van der Waals surface area (Å²) in [6, 6.07) is 0. The summed E-state index contributed by atoms with van der Waals surface area (Å²) in [5.74, 6) is 0.104. The van der Waals surface area contributed by atoms with Crippen LogP contribution < -0.4 is 10.6 Å². The van der Waals surface area contributed by atoms with E-state index in [-0.39, 0.29) is 18.5 Å². The standard InChI is InChI=1S/C41H78N2O2/c1-3-5-7-9-11-13-15-17-19-21-23-25-27-29-31-33-35-37-40(44)42-39-43-41(45)38-36-34-32-30-28-26-24-22-20-18-16-14-12-10-8-6-4-2/h17-20H,3-16,21-39H2,1-2H3,(H,42,44)(H,43,45)/b19-17+,20-18+. The first-order valence-corrected chi connectivity index (χ1v) is 20.0. The van der Waals surface area contributed by atoms with Gasteiger partial charge in [0.25, 0.3) is 0 Å². The Bertz CT molecular complexity index is 616. The summed E-state index contributed by atoms with van der Waals surface area (Å²) < 4.78 is 0. The van der Waals surface area contributed by atoms with Gasteiger partial charge < -0.3 is 10.6 Å². The average Bonchev–Trinajstić information content (AvgIpc) is 3.04. The van der Waals surface area contributed by atoms with Crippen LogP contribution in [0.5, 0.6) is 0 Å². The lowest BCUT2D eigenvalue weighted by atomic mass is 10.1. The van der Waals surface area contributed by atoms with Gasteiger partial charge in [-0.05, 0) is 64.2 Å². The fourth-order valence-corrected chi connectivity index (χ4v) is 5.84. The summed E-state index contributed by atoms with van der Waals surface area (Å²) in [5, 5.41) is 5.69. The minimum absolute atomic E-state index is 0.0522. The molecule has 0 aromatic carbocycles. The number of nitrogens with one attached hydrogen (secondary N) is 2. The van der Waals surface area contributed by atoms with Crippen molar-refractivity contribution in [2.24, 2.45) is 0 Å². The second-order valence-corrected chi connectivity index (χ2v) is 13.5. The summed E-state index contributed by atoms with van der Waals surface area (Å²) in [6.07, 6.45) is 49.2. The fraction of sp³-hybridized carbons (Fsp3) is 0.854. The van der Waals surface area contributed by atoms with E-state index < -0.39 is 0 Å². The Labute approximate surface area is 281 Å². The first-order chi connectivity index (χ1) is 22.2. The molecular formula is C41H78N2O2. The quantitative estimate of drug-likeness (QED) is 0.0411. The van der Waals surface area contributed by atoms with Gasteiger partial charge in [-0.25, -0.2) is 0 Å². The zero-order chi connectivity index (χ0) is 32.7. The Morgan fingerprint density at radius 1 is 0.356 bits per heavy atom. The molecule has 0 aliphatic heterocycles. The minimum Gasteiger partial charge on any atom is -0.339 e. The van der Waals surface area contributed by atoms with Crippen molar-refractivity contribution in [2.45, 2.75) is 219 Å². The molecule has 0 saturated carbocycles. The van der Waals surface area contributed by atoms with E-state index in [1.165, 1.54) is 167 Å². The minimum atomic E-state index is 0.0522. The van der Waals surface area contributed by atoms with Crippen LogP contribution in [-0.2, 0) is 9.59 Å². The molecule has 0 aromatic rings. The molecule has 0 aliphatic carbocycles. The topological polar surface area (TPSA) is 58.2 Å². The number of rotatable bonds is 36. The number of hydrogen-bond donors (Lipinski definition) is 2. The Morgan fingerprint density at radius 2 is 0.600 bits per heavy atom. The van der Waals surface area contributed by atoms with Gasteiger partial charge in [0.2, 0.25) is 11.8 Å². The first-order valence-electron chi connectivity index (χ1n) is 20.0. The van der Waals surface area contributed by atoms with Crippen LogP contribution in [0.3, 0.4) is 0 Å². The van der Waals surface area contributed by atoms with Crippen molar-refractivity contribution in [1.29, 1.82) is 0 Å². The van der Waals surface area contributed by atoms with Crippen molar-refractivity contribution in [2.75, 3.05) is 6.67 Å². The highest BCUT2D eigenvalue weighted by Crippen LogP contribution is 2.13. The van der Waals surface area contributed by atoms with Gasteiger partial charge in [0.1, 0.15) is 0 Å². The van der Waals surface area contributed by atoms with Crippen molar-refractivity contribution in [1.82, 2.24) is 10.6 Å². The van der Waals surface area contributed by atoms with Gasteiger partial charge in [-0.2, -0.15) is 0 Å². The molecule has 0 spiro atoms. The predicted molar refractivity (Wildman–Crippen MR) is 199 cm³/mol. The van der Waals surface area contributed by atoms with Crippen molar-refractivity contribution < 1.29 is 9.59 Å². The highest BCUT2D eigenvalue weighted by atomic mass is 16.2. The van der Waals surface area contributed by atoms with E-state index in [2.05, 4.69) is 48.8 Å². The van der Waals surface area contributed by atoms with Crippen LogP contribution >= 0.6 is 0 Å². The number of carbonyl (C=O) groups excluding carboxylic acids is 2. The number of unbranched alkanes of at least 4 members (excludes halogenated alkanes) is 26. The van der Waals surface area contributed by atoms with Crippen LogP contribution in [-0.4, -0.2) is 18.5 Å². The highest BCUT2D eigenvalue weighted by molar-refractivity contribution is 5.78. The molecule has 45 heavy (non-hydrogen) atoms. The monoisotopic (exact) mass is 631 g/mol. The molecule has 0 aromatic heterocycles. The third-order valence-electron chi connectivity index (χ3n) is 8.90. The molecular weight excluding hydrogens is 552 g/mol. The number of allylic oxidation sites excluding steroid dienone is 4. The van der Waals surface area contributed by atoms with E-state index >= 15 is 0 Å². The molecule has 0 aliphatic rings. The highest BCUT2D eigenvalue weighted by Gasteiger charge is 2.04. The molecule has 0 unspecified atom stereocenters. The molecule has 2 N–H and O–H groups in total. The van der Waals surface area contributed by atoms with Gasteiger partial charge in [0, 0.05) is 12.8 Å². The Morgan fingerprint density at radius 3 is 0.889 bits per heavy atom. The van der Waals surface area contributed by atoms with Gasteiger partial charge in [-0.1, -0.05) is 167 Å². The van der Waals surface area contributed by atoms with E-state index in [0.29, 0.717) is 12.8 Å². The molecule has 0 bridgehead atoms. The molecule has 0 atom stereocenters. The second-order valence-electron chi connectivity index (χ2n) is 13.5. The predicted octanol–water partition coefficient (Wildman–Crippen LogP) is 12.8. The van der Waals surface area contributed by atoms with Crippen molar-refractivity contribution in [3.05, 3.63) is 24.3 Å². The summed E-state index contributed by atoms with van der Waals surface area (Å²) in [4.78, 5) is 24.1. The van der Waals surface area contributed by atoms with E-state index in [1.807, 2.05) is 0 Å². The van der Waals surface area contributed by atoms with E-state index in [1.54, 1.807) is 0 Å². The SMILES string of the molecule is CCCCCCCC/C=C/CCCCCCCCCC(=O)NCNC(=O)CCCCCCCCC/C=C/CCCCCCCC. The molecule has 0 fully saturated rings. The van der Waals surface area contributed by atoms with Crippen LogP contribution in [0.4, 0.5) is 0 Å². The van der Waals surface area contributed by atoms with Crippen molar-refractivity contribution in [3.8, 4) is 0 Å². The number of carbonyl (C=O) groups is 2. The molecule has 0 saturated heterocycles. The van der Waals surface area contributed by atoms with Crippen LogP contribution in [0, 0.1) is 0 Å². The van der Waals surface area contributed by atoms with Gasteiger partial charge in [-0.15, -0.1) is 0 Å². The van der Waals surface area contributed by atoms with E-state index in [9.17, 15) is 9.59 Å². The van der Waals surface area contributed by atoms with E-state index in [0.717, 1.165) is 25.7 Å². The van der Waals surface area contributed by atoms with Crippen LogP contribution in [0.1, 0.15) is 219 Å². The second kappa shape index (κ2) is 38.6. The Balaban J connectivity index is 3.32. The van der Waals surface area contributed by atoms with E-state index in [4.69, 9.17) is 0 Å². The van der Waals surface area contributed by atoms with Gasteiger partial charge in [-0.3, -0.25) is 9.59 Å². The molecule has 264 valence electrons. The van der Waals surface area contributed by atoms with Crippen molar-refractivity contribution >= 4 is 11.8 Å². The fourth-order valence-electron chi connectivity index (χ4n) is 5.84. The maximum atomic E-state index is 12.0. The Kier molecular flexibility index (Phi) is 37.2. The normalized spacial score (nSPS) is 11.6. The third kappa shape index (κ3) is 38.5. The maximum Gasteiger partial charge on any atom is 0.221 e. The molecule has 0 heterocycles. The summed E-state index contributed by atoms with van der Waals surface area (Å²) >= 11 is 0. The smallest absolute Gasteiger partial charge is 0.221 e. The number of amides is 2. The summed E-state index contributed by atoms with van der Waals surface area (Å²) in [7, 11) is 0. The zero-order valence-electron chi connectivity index (χ0n) is 30.5. The summed E-state index contributed by atoms with van der Waals surface area (Å²) in [6.45, 7) is 4.81. The molecule has 4 nitrogen and oxygen atoms in total. The lowest BCUT2D eigenvalue weighted by molar-refractivity contribution is -0.123. The van der Waals surface area contributed by atoms with Gasteiger partial charge in [0.15, 0.2) is 0 Å². The largest absolute Gasteiger partial charge is 0.339 e. The van der Waals surface area contributed by atoms with Gasteiger partial charge >= 0.3 is 0 Å². The van der Waals surface area contributed by atoms with Crippen molar-refractivity contribution in [3.63, 3.8) is 0 Å². The lowest BCUT2D eigenvalue weighted by Crippen LogP contribution is -2.37. The van der Waals surface area contributed by atoms with Crippen LogP contribution in [0.2, 0.25) is 0 Å². The average molecular weight is 631 g/mol. The molecule has 0 radical (unpaired) electrons. The van der Waals surface area contributed by atoms with Crippen LogP contribution in [0.25, 0.3) is 0 Å². The first kappa shape index (κ1) is 43.4. The van der Waals surface area contributed by atoms with Gasteiger partial charge in [0.05, 0.1) is 6.67 Å². The molecule has 4 heteroatoms. The molecule has 2 amide bonds. The number of hydrogen-bond acceptors (Lipinski definition) is 2. The lowest BCUT2D eigenvalue weighted by Gasteiger charge is -2.08. The summed E-state index contributed by atoms with van der Waals surface area (Å²) in [5.41, 5.74) is 0. The van der Waals surface area contributed by atoms with Crippen LogP contribution in [0.15, 0.2) is 24.3 Å². The Hall–Kier alpha value is -1.58. The zero-order valence-corrected chi connectivity index (χ0v) is 30.5. The third-order valence-corrected chi connectivity index (χ3v) is 8.90.